The maximum absolute atomic E-state index is 12.8. The summed E-state index contributed by atoms with van der Waals surface area (Å²) >= 11 is 0. The Bertz CT molecular complexity index is 642. The van der Waals surface area contributed by atoms with Crippen molar-refractivity contribution in [1.29, 1.82) is 0 Å². The first-order valence-corrected chi connectivity index (χ1v) is 7.40. The van der Waals surface area contributed by atoms with E-state index in [9.17, 15) is 9.18 Å². The zero-order valence-electron chi connectivity index (χ0n) is 13.1. The molecular formula is C17H20FN3O2. The van der Waals surface area contributed by atoms with Gasteiger partial charge in [-0.15, -0.1) is 0 Å². The molecule has 0 aliphatic heterocycles. The maximum Gasteiger partial charge on any atom is 0.241 e. The average Bonchev–Trinajstić information content (AvgIpc) is 2.51. The molecule has 0 fully saturated rings. The van der Waals surface area contributed by atoms with Crippen LogP contribution in [-0.4, -0.2) is 16.9 Å². The molecule has 0 radical (unpaired) electrons. The van der Waals surface area contributed by atoms with Crippen LogP contribution in [0, 0.1) is 11.7 Å². The van der Waals surface area contributed by atoms with Crippen LogP contribution < -0.4 is 15.8 Å². The normalized spacial score (nSPS) is 12.0. The summed E-state index contributed by atoms with van der Waals surface area (Å²) in [4.78, 5) is 16.0. The molecule has 5 nitrogen and oxygen atoms in total. The number of halogens is 1. The van der Waals surface area contributed by atoms with E-state index in [1.165, 1.54) is 30.5 Å². The molecule has 1 atom stereocenters. The predicted octanol–water partition coefficient (Wildman–Crippen LogP) is 3.32. The van der Waals surface area contributed by atoms with Gasteiger partial charge in [0.05, 0.1) is 17.9 Å². The van der Waals surface area contributed by atoms with Crippen LogP contribution in [0.4, 0.5) is 10.1 Å². The Hall–Kier alpha value is -2.47. The topological polar surface area (TPSA) is 77.2 Å². The third kappa shape index (κ3) is 5.34. The number of aromatic nitrogens is 1. The minimum absolute atomic E-state index is 0.243. The summed E-state index contributed by atoms with van der Waals surface area (Å²) in [6, 6.07) is 8.37. The van der Waals surface area contributed by atoms with Crippen LogP contribution in [0.2, 0.25) is 0 Å². The average molecular weight is 317 g/mol. The van der Waals surface area contributed by atoms with Gasteiger partial charge in [-0.1, -0.05) is 13.8 Å². The highest BCUT2D eigenvalue weighted by molar-refractivity contribution is 5.94. The lowest BCUT2D eigenvalue weighted by Crippen LogP contribution is -2.36. The number of benzene rings is 1. The fourth-order valence-electron chi connectivity index (χ4n) is 1.99. The number of hydrogen-bond acceptors (Lipinski definition) is 4. The second kappa shape index (κ2) is 7.69. The minimum Gasteiger partial charge on any atom is -0.439 e. The van der Waals surface area contributed by atoms with Crippen LogP contribution in [0.5, 0.6) is 11.6 Å². The van der Waals surface area contributed by atoms with Crippen LogP contribution in [-0.2, 0) is 4.79 Å². The summed E-state index contributed by atoms with van der Waals surface area (Å²) in [5.41, 5.74) is 6.36. The lowest BCUT2D eigenvalue weighted by Gasteiger charge is -2.14. The van der Waals surface area contributed by atoms with Crippen LogP contribution in [0.3, 0.4) is 0 Å². The van der Waals surface area contributed by atoms with Crippen LogP contribution >= 0.6 is 0 Å². The zero-order valence-corrected chi connectivity index (χ0v) is 13.1. The number of pyridine rings is 1. The third-order valence-electron chi connectivity index (χ3n) is 3.10. The van der Waals surface area contributed by atoms with E-state index in [1.807, 2.05) is 13.8 Å². The summed E-state index contributed by atoms with van der Waals surface area (Å²) < 4.78 is 18.3. The summed E-state index contributed by atoms with van der Waals surface area (Å²) in [6.07, 6.45) is 2.10. The van der Waals surface area contributed by atoms with E-state index >= 15 is 0 Å². The molecule has 1 aromatic heterocycles. The van der Waals surface area contributed by atoms with Gasteiger partial charge in [-0.2, -0.15) is 0 Å². The van der Waals surface area contributed by atoms with Gasteiger partial charge < -0.3 is 15.8 Å². The first-order chi connectivity index (χ1) is 10.9. The van der Waals surface area contributed by atoms with Gasteiger partial charge >= 0.3 is 0 Å². The maximum atomic E-state index is 12.8. The molecule has 0 saturated heterocycles. The van der Waals surface area contributed by atoms with E-state index in [1.54, 1.807) is 12.1 Å². The fourth-order valence-corrected chi connectivity index (χ4v) is 1.99. The summed E-state index contributed by atoms with van der Waals surface area (Å²) in [7, 11) is 0. The highest BCUT2D eigenvalue weighted by Gasteiger charge is 2.15. The Labute approximate surface area is 134 Å². The molecule has 2 aromatic rings. The molecule has 6 heteroatoms. The Morgan fingerprint density at radius 2 is 1.96 bits per heavy atom. The van der Waals surface area contributed by atoms with Gasteiger partial charge in [-0.25, -0.2) is 9.37 Å². The zero-order chi connectivity index (χ0) is 16.8. The second-order valence-electron chi connectivity index (χ2n) is 5.67. The molecule has 1 heterocycles. The number of amides is 1. The van der Waals surface area contributed by atoms with Crippen molar-refractivity contribution < 1.29 is 13.9 Å². The lowest BCUT2D eigenvalue weighted by atomic mass is 10.0. The number of anilines is 1. The van der Waals surface area contributed by atoms with E-state index in [0.29, 0.717) is 29.7 Å². The molecule has 2 rings (SSSR count). The second-order valence-corrected chi connectivity index (χ2v) is 5.67. The van der Waals surface area contributed by atoms with Crippen molar-refractivity contribution in [2.75, 3.05) is 5.32 Å². The molecule has 0 aliphatic carbocycles. The molecule has 122 valence electrons. The van der Waals surface area contributed by atoms with E-state index in [4.69, 9.17) is 10.5 Å². The highest BCUT2D eigenvalue weighted by Crippen LogP contribution is 2.20. The molecule has 23 heavy (non-hydrogen) atoms. The van der Waals surface area contributed by atoms with Gasteiger partial charge in [0.2, 0.25) is 11.8 Å². The lowest BCUT2D eigenvalue weighted by molar-refractivity contribution is -0.117. The summed E-state index contributed by atoms with van der Waals surface area (Å²) in [5.74, 6) is 0.602. The molecular weight excluding hydrogens is 297 g/mol. The van der Waals surface area contributed by atoms with Crippen molar-refractivity contribution in [3.05, 3.63) is 48.4 Å². The number of rotatable bonds is 6. The van der Waals surface area contributed by atoms with Gasteiger partial charge in [0, 0.05) is 6.07 Å². The molecule has 1 amide bonds. The number of ether oxygens (including phenoxy) is 1. The molecule has 1 aromatic carbocycles. The SMILES string of the molecule is CC(C)C[C@H](N)C(=O)Nc1ccc(Oc2ccc(F)cc2)nc1. The quantitative estimate of drug-likeness (QED) is 0.857. The Morgan fingerprint density at radius 1 is 1.26 bits per heavy atom. The van der Waals surface area contributed by atoms with Crippen LogP contribution in [0.15, 0.2) is 42.6 Å². The molecule has 0 spiro atoms. The van der Waals surface area contributed by atoms with Crippen molar-refractivity contribution in [1.82, 2.24) is 4.98 Å². The van der Waals surface area contributed by atoms with E-state index in [-0.39, 0.29) is 11.7 Å². The third-order valence-corrected chi connectivity index (χ3v) is 3.10. The minimum atomic E-state index is -0.551. The van der Waals surface area contributed by atoms with Crippen molar-refractivity contribution >= 4 is 11.6 Å². The molecule has 0 unspecified atom stereocenters. The standard InChI is InChI=1S/C17H20FN3O2/c1-11(2)9-15(19)17(22)21-13-5-8-16(20-10-13)23-14-6-3-12(18)4-7-14/h3-8,10-11,15H,9,19H2,1-2H3,(H,21,22)/t15-/m0/s1. The Kier molecular flexibility index (Phi) is 5.65. The van der Waals surface area contributed by atoms with Crippen LogP contribution in [0.1, 0.15) is 20.3 Å². The Balaban J connectivity index is 1.94. The molecule has 0 bridgehead atoms. The smallest absolute Gasteiger partial charge is 0.241 e. The number of carbonyl (C=O) groups is 1. The Morgan fingerprint density at radius 3 is 2.52 bits per heavy atom. The van der Waals surface area contributed by atoms with Crippen molar-refractivity contribution in [2.24, 2.45) is 11.7 Å². The highest BCUT2D eigenvalue weighted by atomic mass is 19.1. The molecule has 3 N–H and O–H groups in total. The van der Waals surface area contributed by atoms with E-state index in [2.05, 4.69) is 10.3 Å². The van der Waals surface area contributed by atoms with E-state index < -0.39 is 6.04 Å². The first-order valence-electron chi connectivity index (χ1n) is 7.40. The van der Waals surface area contributed by atoms with Gasteiger partial charge in [-0.05, 0) is 42.7 Å². The van der Waals surface area contributed by atoms with Gasteiger partial charge in [0.1, 0.15) is 11.6 Å². The largest absolute Gasteiger partial charge is 0.439 e. The first kappa shape index (κ1) is 16.9. The fraction of sp³-hybridized carbons (Fsp3) is 0.294. The number of nitrogens with zero attached hydrogens (tertiary/aromatic N) is 1. The van der Waals surface area contributed by atoms with Gasteiger partial charge in [-0.3, -0.25) is 4.79 Å². The van der Waals surface area contributed by atoms with Gasteiger partial charge in [0.25, 0.3) is 0 Å². The van der Waals surface area contributed by atoms with Crippen LogP contribution in [0.25, 0.3) is 0 Å². The number of carbonyl (C=O) groups excluding carboxylic acids is 1. The number of nitrogens with one attached hydrogen (secondary N) is 1. The summed E-state index contributed by atoms with van der Waals surface area (Å²) in [6.45, 7) is 4.02. The van der Waals surface area contributed by atoms with Crippen molar-refractivity contribution in [3.63, 3.8) is 0 Å². The van der Waals surface area contributed by atoms with Gasteiger partial charge in [0.15, 0.2) is 0 Å². The van der Waals surface area contributed by atoms with Crippen molar-refractivity contribution in [2.45, 2.75) is 26.3 Å². The van der Waals surface area contributed by atoms with Crippen molar-refractivity contribution in [3.8, 4) is 11.6 Å². The predicted molar refractivity (Wildman–Crippen MR) is 86.8 cm³/mol. The van der Waals surface area contributed by atoms with E-state index in [0.717, 1.165) is 0 Å². The summed E-state index contributed by atoms with van der Waals surface area (Å²) in [5, 5.41) is 2.71. The number of hydrogen-bond donors (Lipinski definition) is 2. The molecule has 0 aliphatic rings. The number of nitrogens with two attached hydrogens (primary N) is 1. The monoisotopic (exact) mass is 317 g/mol. The molecule has 0 saturated carbocycles.